The first kappa shape index (κ1) is 15.0. The number of nitrogens with one attached hydrogen (secondary N) is 2. The van der Waals surface area contributed by atoms with Crippen LogP contribution >= 0.6 is 0 Å². The van der Waals surface area contributed by atoms with Crippen LogP contribution in [0.3, 0.4) is 0 Å². The van der Waals surface area contributed by atoms with E-state index in [-0.39, 0.29) is 5.91 Å². The molecule has 2 atom stereocenters. The molecule has 1 amide bonds. The predicted octanol–water partition coefficient (Wildman–Crippen LogP) is 1.68. The molecule has 1 heterocycles. The highest BCUT2D eigenvalue weighted by molar-refractivity contribution is 5.76. The monoisotopic (exact) mass is 251 g/mol. The van der Waals surface area contributed by atoms with Gasteiger partial charge in [-0.3, -0.25) is 4.79 Å². The van der Waals surface area contributed by atoms with Crippen LogP contribution in [0.2, 0.25) is 0 Å². The van der Waals surface area contributed by atoms with Crippen molar-refractivity contribution in [3.05, 3.63) is 0 Å². The van der Waals surface area contributed by atoms with E-state index >= 15 is 0 Å². The van der Waals surface area contributed by atoms with E-state index in [2.05, 4.69) is 23.6 Å². The first-order chi connectivity index (χ1) is 8.44. The number of carbonyl (C=O) groups is 1. The maximum Gasteiger partial charge on any atom is 0.220 e. The van der Waals surface area contributed by atoms with E-state index in [1.807, 2.05) is 13.8 Å². The minimum Gasteiger partial charge on any atom is -0.355 e. The summed E-state index contributed by atoms with van der Waals surface area (Å²) in [5, 5.41) is 15.1. The molecule has 4 heteroatoms. The van der Waals surface area contributed by atoms with Crippen molar-refractivity contribution in [1.29, 1.82) is 5.26 Å². The number of hydrogen-bond donors (Lipinski definition) is 2. The molecule has 1 saturated heterocycles. The van der Waals surface area contributed by atoms with Crippen LogP contribution in [0.4, 0.5) is 0 Å². The van der Waals surface area contributed by atoms with Crippen molar-refractivity contribution in [2.75, 3.05) is 19.6 Å². The lowest BCUT2D eigenvalue weighted by molar-refractivity contribution is -0.122. The highest BCUT2D eigenvalue weighted by Gasteiger charge is 2.23. The van der Waals surface area contributed by atoms with Gasteiger partial charge < -0.3 is 10.6 Å². The molecule has 0 aromatic rings. The lowest BCUT2D eigenvalue weighted by atomic mass is 9.85. The number of rotatable bonds is 5. The number of amides is 1. The highest BCUT2D eigenvalue weighted by Crippen LogP contribution is 2.22. The Morgan fingerprint density at radius 3 is 2.89 bits per heavy atom. The smallest absolute Gasteiger partial charge is 0.220 e. The highest BCUT2D eigenvalue weighted by atomic mass is 16.1. The molecule has 2 unspecified atom stereocenters. The van der Waals surface area contributed by atoms with Crippen molar-refractivity contribution < 1.29 is 4.79 Å². The number of nitriles is 1. The molecule has 1 rings (SSSR count). The van der Waals surface area contributed by atoms with Crippen LogP contribution in [-0.2, 0) is 4.79 Å². The molecule has 2 N–H and O–H groups in total. The summed E-state index contributed by atoms with van der Waals surface area (Å²) in [7, 11) is 0. The molecular weight excluding hydrogens is 226 g/mol. The first-order valence-corrected chi connectivity index (χ1v) is 6.83. The average molecular weight is 251 g/mol. The second kappa shape index (κ2) is 6.75. The molecule has 4 nitrogen and oxygen atoms in total. The zero-order valence-corrected chi connectivity index (χ0v) is 11.8. The van der Waals surface area contributed by atoms with Gasteiger partial charge in [-0.2, -0.15) is 5.26 Å². The Bertz CT molecular complexity index is 313. The van der Waals surface area contributed by atoms with E-state index < -0.39 is 5.41 Å². The normalized spacial score (nSPS) is 22.0. The molecule has 1 aliphatic rings. The zero-order valence-electron chi connectivity index (χ0n) is 11.8. The molecule has 1 fully saturated rings. The van der Waals surface area contributed by atoms with Crippen LogP contribution in [0.15, 0.2) is 0 Å². The Balaban J connectivity index is 2.29. The van der Waals surface area contributed by atoms with Gasteiger partial charge in [-0.05, 0) is 51.6 Å². The molecule has 0 aromatic carbocycles. The number of hydrogen-bond acceptors (Lipinski definition) is 3. The van der Waals surface area contributed by atoms with Crippen LogP contribution in [-0.4, -0.2) is 25.5 Å². The molecule has 0 aliphatic carbocycles. The third-order valence-electron chi connectivity index (χ3n) is 3.68. The minimum absolute atomic E-state index is 0.0661. The van der Waals surface area contributed by atoms with Crippen LogP contribution < -0.4 is 10.6 Å². The van der Waals surface area contributed by atoms with Crippen LogP contribution in [0, 0.1) is 28.6 Å². The predicted molar refractivity (Wildman–Crippen MR) is 71.8 cm³/mol. The lowest BCUT2D eigenvalue weighted by Gasteiger charge is -2.28. The van der Waals surface area contributed by atoms with Crippen molar-refractivity contribution in [2.45, 2.75) is 40.0 Å². The number of carbonyl (C=O) groups excluding carboxylic acids is 1. The van der Waals surface area contributed by atoms with E-state index in [4.69, 9.17) is 5.26 Å². The molecule has 102 valence electrons. The molecule has 0 radical (unpaired) electrons. The molecular formula is C14H25N3O. The van der Waals surface area contributed by atoms with E-state index in [1.54, 1.807) is 0 Å². The summed E-state index contributed by atoms with van der Waals surface area (Å²) in [6.45, 7) is 8.37. The van der Waals surface area contributed by atoms with Gasteiger partial charge in [-0.15, -0.1) is 0 Å². The standard InChI is InChI=1S/C14H25N3O/c1-11(12-5-4-6-16-8-12)7-13(18)17-10-14(2,3)9-15/h11-12,16H,4-8,10H2,1-3H3,(H,17,18). The number of piperidine rings is 1. The van der Waals surface area contributed by atoms with Crippen molar-refractivity contribution >= 4 is 5.91 Å². The molecule has 0 bridgehead atoms. The fourth-order valence-electron chi connectivity index (χ4n) is 2.25. The zero-order chi connectivity index (χ0) is 13.6. The van der Waals surface area contributed by atoms with Crippen molar-refractivity contribution in [3.8, 4) is 6.07 Å². The molecule has 0 spiro atoms. The van der Waals surface area contributed by atoms with E-state index in [0.717, 1.165) is 13.1 Å². The second-order valence-electron chi connectivity index (χ2n) is 6.06. The SMILES string of the molecule is CC(CC(=O)NCC(C)(C)C#N)C1CCCNC1. The van der Waals surface area contributed by atoms with Crippen LogP contribution in [0.5, 0.6) is 0 Å². The maximum absolute atomic E-state index is 11.8. The minimum atomic E-state index is -0.481. The summed E-state index contributed by atoms with van der Waals surface area (Å²) in [5.74, 6) is 1.08. The van der Waals surface area contributed by atoms with Crippen LogP contribution in [0.1, 0.15) is 40.0 Å². The Labute approximate surface area is 110 Å². The number of nitrogens with zero attached hydrogens (tertiary/aromatic N) is 1. The summed E-state index contributed by atoms with van der Waals surface area (Å²) in [6, 6.07) is 2.19. The van der Waals surface area contributed by atoms with Crippen molar-refractivity contribution in [2.24, 2.45) is 17.3 Å². The van der Waals surface area contributed by atoms with E-state index in [1.165, 1.54) is 12.8 Å². The second-order valence-corrected chi connectivity index (χ2v) is 6.06. The summed E-state index contributed by atoms with van der Waals surface area (Å²) in [4.78, 5) is 11.8. The fraction of sp³-hybridized carbons (Fsp3) is 0.857. The fourth-order valence-corrected chi connectivity index (χ4v) is 2.25. The van der Waals surface area contributed by atoms with Gasteiger partial charge in [0.2, 0.25) is 5.91 Å². The summed E-state index contributed by atoms with van der Waals surface area (Å²) >= 11 is 0. The quantitative estimate of drug-likeness (QED) is 0.781. The van der Waals surface area contributed by atoms with Crippen molar-refractivity contribution in [3.63, 3.8) is 0 Å². The Morgan fingerprint density at radius 2 is 2.33 bits per heavy atom. The Kier molecular flexibility index (Phi) is 5.61. The van der Waals surface area contributed by atoms with Gasteiger partial charge in [-0.25, -0.2) is 0 Å². The van der Waals surface area contributed by atoms with Gasteiger partial charge in [0.15, 0.2) is 0 Å². The van der Waals surface area contributed by atoms with Gasteiger partial charge in [0.1, 0.15) is 0 Å². The Morgan fingerprint density at radius 1 is 1.61 bits per heavy atom. The summed E-state index contributed by atoms with van der Waals surface area (Å²) < 4.78 is 0. The largest absolute Gasteiger partial charge is 0.355 e. The molecule has 0 aromatic heterocycles. The van der Waals surface area contributed by atoms with Gasteiger partial charge in [0.05, 0.1) is 11.5 Å². The van der Waals surface area contributed by atoms with Gasteiger partial charge in [0.25, 0.3) is 0 Å². The molecule has 0 saturated carbocycles. The van der Waals surface area contributed by atoms with Crippen LogP contribution in [0.25, 0.3) is 0 Å². The third-order valence-corrected chi connectivity index (χ3v) is 3.68. The lowest BCUT2D eigenvalue weighted by Crippen LogP contribution is -2.37. The summed E-state index contributed by atoms with van der Waals surface area (Å²) in [6.07, 6.45) is 2.98. The maximum atomic E-state index is 11.8. The Hall–Kier alpha value is -1.08. The van der Waals surface area contributed by atoms with Gasteiger partial charge in [0, 0.05) is 13.0 Å². The first-order valence-electron chi connectivity index (χ1n) is 6.83. The molecule has 1 aliphatic heterocycles. The summed E-state index contributed by atoms with van der Waals surface area (Å²) in [5.41, 5.74) is -0.481. The van der Waals surface area contributed by atoms with Gasteiger partial charge in [-0.1, -0.05) is 6.92 Å². The van der Waals surface area contributed by atoms with Crippen molar-refractivity contribution in [1.82, 2.24) is 10.6 Å². The third kappa shape index (κ3) is 5.05. The van der Waals surface area contributed by atoms with Gasteiger partial charge >= 0.3 is 0 Å². The molecule has 18 heavy (non-hydrogen) atoms. The topological polar surface area (TPSA) is 64.9 Å². The van der Waals surface area contributed by atoms with E-state index in [0.29, 0.717) is 24.8 Å². The average Bonchev–Trinajstić information content (AvgIpc) is 2.37. The van der Waals surface area contributed by atoms with E-state index in [9.17, 15) is 4.79 Å².